The normalized spacial score (nSPS) is 13.0. The van der Waals surface area contributed by atoms with E-state index in [9.17, 15) is 9.59 Å². The first-order valence-electron chi connectivity index (χ1n) is 10.3. The van der Waals surface area contributed by atoms with E-state index >= 15 is 0 Å². The van der Waals surface area contributed by atoms with Crippen LogP contribution in [0.4, 0.5) is 5.00 Å². The Morgan fingerprint density at radius 3 is 2.60 bits per heavy atom. The second kappa shape index (κ2) is 8.48. The van der Waals surface area contributed by atoms with Crippen LogP contribution in [-0.4, -0.2) is 18.5 Å². The van der Waals surface area contributed by atoms with Crippen LogP contribution in [0.5, 0.6) is 0 Å². The van der Waals surface area contributed by atoms with E-state index in [1.54, 1.807) is 19.9 Å². The lowest BCUT2D eigenvalue weighted by atomic mass is 9.95. The maximum absolute atomic E-state index is 13.1. The molecular weight excluding hydrogens is 398 g/mol. The molecule has 1 amide bonds. The van der Waals surface area contributed by atoms with Crippen molar-refractivity contribution in [2.24, 2.45) is 0 Å². The number of nitrogens with one attached hydrogen (secondary N) is 1. The van der Waals surface area contributed by atoms with Gasteiger partial charge >= 0.3 is 5.97 Å². The highest BCUT2D eigenvalue weighted by Gasteiger charge is 2.28. The van der Waals surface area contributed by atoms with E-state index in [1.165, 1.54) is 16.2 Å². The molecule has 4 rings (SSSR count). The first kappa shape index (κ1) is 20.4. The van der Waals surface area contributed by atoms with Gasteiger partial charge in [0.15, 0.2) is 0 Å². The number of benzene rings is 1. The van der Waals surface area contributed by atoms with Crippen molar-refractivity contribution in [1.82, 2.24) is 0 Å². The highest BCUT2D eigenvalue weighted by atomic mass is 32.1. The number of carbonyl (C=O) groups is 2. The zero-order valence-electron chi connectivity index (χ0n) is 17.5. The molecule has 0 saturated heterocycles. The topological polar surface area (TPSA) is 68.5 Å². The lowest BCUT2D eigenvalue weighted by molar-refractivity contribution is 0.0526. The number of thiophene rings is 1. The Kier molecular flexibility index (Phi) is 5.77. The molecule has 0 radical (unpaired) electrons. The van der Waals surface area contributed by atoms with Crippen LogP contribution in [-0.2, 0) is 17.6 Å². The second-order valence-electron chi connectivity index (χ2n) is 7.54. The van der Waals surface area contributed by atoms with Crippen molar-refractivity contribution in [3.8, 4) is 11.3 Å². The van der Waals surface area contributed by atoms with Gasteiger partial charge in [-0.3, -0.25) is 4.79 Å². The predicted octanol–water partition coefficient (Wildman–Crippen LogP) is 5.93. The summed E-state index contributed by atoms with van der Waals surface area (Å²) in [5, 5.41) is 3.53. The van der Waals surface area contributed by atoms with Gasteiger partial charge in [0.05, 0.1) is 17.7 Å². The molecule has 0 bridgehead atoms. The molecule has 1 aliphatic carbocycles. The minimum atomic E-state index is -0.364. The Morgan fingerprint density at radius 1 is 1.13 bits per heavy atom. The van der Waals surface area contributed by atoms with E-state index in [1.807, 2.05) is 31.2 Å². The van der Waals surface area contributed by atoms with Gasteiger partial charge in [-0.25, -0.2) is 4.79 Å². The molecule has 30 heavy (non-hydrogen) atoms. The summed E-state index contributed by atoms with van der Waals surface area (Å²) in [6.07, 6.45) is 3.93. The number of hydrogen-bond acceptors (Lipinski definition) is 5. The number of amides is 1. The third-order valence-corrected chi connectivity index (χ3v) is 6.58. The molecule has 0 atom stereocenters. The van der Waals surface area contributed by atoms with E-state index in [-0.39, 0.29) is 11.9 Å². The number of hydrogen-bond donors (Lipinski definition) is 1. The molecule has 5 nitrogen and oxygen atoms in total. The SMILES string of the molecule is CCOC(=O)c1c(NC(=O)c2cc(-c3ccc(C)cc3)oc2C)sc2c1CCCC2. The Balaban J connectivity index is 1.64. The zero-order valence-corrected chi connectivity index (χ0v) is 18.3. The van der Waals surface area contributed by atoms with E-state index in [4.69, 9.17) is 9.15 Å². The largest absolute Gasteiger partial charge is 0.462 e. The summed E-state index contributed by atoms with van der Waals surface area (Å²) < 4.78 is 11.1. The molecule has 1 aliphatic rings. The molecule has 0 saturated carbocycles. The Hall–Kier alpha value is -2.86. The van der Waals surface area contributed by atoms with Crippen molar-refractivity contribution >= 4 is 28.2 Å². The average Bonchev–Trinajstić information content (AvgIpc) is 3.29. The van der Waals surface area contributed by atoms with E-state index in [2.05, 4.69) is 5.32 Å². The van der Waals surface area contributed by atoms with Gasteiger partial charge < -0.3 is 14.5 Å². The van der Waals surface area contributed by atoms with Crippen LogP contribution in [0.25, 0.3) is 11.3 Å². The standard InChI is InChI=1S/C24H25NO4S/c1-4-28-24(27)21-17-7-5-6-8-20(17)30-23(21)25-22(26)18-13-19(29-15(18)3)16-11-9-14(2)10-12-16/h9-13H,4-8H2,1-3H3,(H,25,26). The minimum absolute atomic E-state index is 0.279. The van der Waals surface area contributed by atoms with Crippen molar-refractivity contribution in [2.45, 2.75) is 46.5 Å². The van der Waals surface area contributed by atoms with Gasteiger partial charge in [-0.05, 0) is 58.1 Å². The fourth-order valence-electron chi connectivity index (χ4n) is 3.81. The fraction of sp³-hybridized carbons (Fsp3) is 0.333. The number of aryl methyl sites for hydroxylation is 3. The quantitative estimate of drug-likeness (QED) is 0.516. The first-order valence-corrected chi connectivity index (χ1v) is 11.1. The molecule has 2 aromatic heterocycles. The molecule has 156 valence electrons. The Bertz CT molecular complexity index is 1090. The van der Waals surface area contributed by atoms with Gasteiger partial charge in [0.2, 0.25) is 0 Å². The summed E-state index contributed by atoms with van der Waals surface area (Å²) in [6, 6.07) is 9.72. The summed E-state index contributed by atoms with van der Waals surface area (Å²) in [7, 11) is 0. The highest BCUT2D eigenvalue weighted by Crippen LogP contribution is 2.39. The van der Waals surface area contributed by atoms with E-state index in [0.717, 1.165) is 42.4 Å². The predicted molar refractivity (Wildman–Crippen MR) is 118 cm³/mol. The van der Waals surface area contributed by atoms with Crippen molar-refractivity contribution in [1.29, 1.82) is 0 Å². The number of carbonyl (C=O) groups excluding carboxylic acids is 2. The second-order valence-corrected chi connectivity index (χ2v) is 8.64. The molecule has 1 aromatic carbocycles. The summed E-state index contributed by atoms with van der Waals surface area (Å²) in [5.74, 6) is 0.547. The monoisotopic (exact) mass is 423 g/mol. The number of anilines is 1. The average molecular weight is 424 g/mol. The molecule has 2 heterocycles. The maximum atomic E-state index is 13.1. The molecule has 0 aliphatic heterocycles. The lowest BCUT2D eigenvalue weighted by Crippen LogP contribution is -2.16. The zero-order chi connectivity index (χ0) is 21.3. The summed E-state index contributed by atoms with van der Waals surface area (Å²) in [4.78, 5) is 26.8. The van der Waals surface area contributed by atoms with Gasteiger partial charge in [0, 0.05) is 10.4 Å². The van der Waals surface area contributed by atoms with Crippen LogP contribution >= 0.6 is 11.3 Å². The van der Waals surface area contributed by atoms with Crippen molar-refractivity contribution < 1.29 is 18.7 Å². The van der Waals surface area contributed by atoms with Crippen LogP contribution in [0.15, 0.2) is 34.7 Å². The van der Waals surface area contributed by atoms with Crippen LogP contribution in [0.3, 0.4) is 0 Å². The summed E-state index contributed by atoms with van der Waals surface area (Å²) >= 11 is 1.49. The van der Waals surface area contributed by atoms with Crippen molar-refractivity contribution in [3.63, 3.8) is 0 Å². The maximum Gasteiger partial charge on any atom is 0.341 e. The van der Waals surface area contributed by atoms with Gasteiger partial charge in [0.25, 0.3) is 5.91 Å². The molecule has 0 unspecified atom stereocenters. The fourth-order valence-corrected chi connectivity index (χ4v) is 5.08. The number of esters is 1. The number of fused-ring (bicyclic) bond motifs is 1. The smallest absolute Gasteiger partial charge is 0.341 e. The Labute approximate surface area is 180 Å². The number of ether oxygens (including phenoxy) is 1. The number of rotatable bonds is 5. The first-order chi connectivity index (χ1) is 14.5. The Morgan fingerprint density at radius 2 is 1.87 bits per heavy atom. The molecular formula is C24H25NO4S. The molecule has 1 N–H and O–H groups in total. The van der Waals surface area contributed by atoms with Gasteiger partial charge in [-0.2, -0.15) is 0 Å². The summed E-state index contributed by atoms with van der Waals surface area (Å²) in [5.41, 5.74) is 4.09. The van der Waals surface area contributed by atoms with Gasteiger partial charge in [0.1, 0.15) is 16.5 Å². The molecule has 0 spiro atoms. The number of furan rings is 1. The highest BCUT2D eigenvalue weighted by molar-refractivity contribution is 7.17. The van der Waals surface area contributed by atoms with Crippen molar-refractivity contribution in [3.05, 3.63) is 63.2 Å². The van der Waals surface area contributed by atoms with Gasteiger partial charge in [-0.15, -0.1) is 11.3 Å². The van der Waals surface area contributed by atoms with Crippen LogP contribution < -0.4 is 5.32 Å². The molecule has 0 fully saturated rings. The summed E-state index contributed by atoms with van der Waals surface area (Å²) in [6.45, 7) is 5.89. The van der Waals surface area contributed by atoms with E-state index < -0.39 is 0 Å². The lowest BCUT2D eigenvalue weighted by Gasteiger charge is -2.12. The third-order valence-electron chi connectivity index (χ3n) is 5.38. The van der Waals surface area contributed by atoms with Crippen LogP contribution in [0, 0.1) is 13.8 Å². The van der Waals surface area contributed by atoms with Crippen LogP contribution in [0.2, 0.25) is 0 Å². The molecule has 3 aromatic rings. The van der Waals surface area contributed by atoms with Crippen molar-refractivity contribution in [2.75, 3.05) is 11.9 Å². The minimum Gasteiger partial charge on any atom is -0.462 e. The van der Waals surface area contributed by atoms with E-state index in [0.29, 0.717) is 34.3 Å². The third kappa shape index (κ3) is 3.92. The molecule has 6 heteroatoms. The van der Waals surface area contributed by atoms with Gasteiger partial charge in [-0.1, -0.05) is 29.8 Å². The van der Waals surface area contributed by atoms with Crippen LogP contribution in [0.1, 0.15) is 62.2 Å².